The van der Waals surface area contributed by atoms with E-state index in [0.717, 1.165) is 19.3 Å². The van der Waals surface area contributed by atoms with Gasteiger partial charge in [0, 0.05) is 50.6 Å². The van der Waals surface area contributed by atoms with Gasteiger partial charge in [-0.1, -0.05) is 145 Å². The Morgan fingerprint density at radius 3 is 2.08 bits per heavy atom. The van der Waals surface area contributed by atoms with Gasteiger partial charge in [-0.05, 0) is 168 Å². The van der Waals surface area contributed by atoms with Crippen LogP contribution in [-0.2, 0) is 28.2 Å². The van der Waals surface area contributed by atoms with Crippen LogP contribution >= 0.6 is 0 Å². The Morgan fingerprint density at radius 1 is 0.515 bits per heavy atom. The molecule has 1 saturated carbocycles. The largest absolute Gasteiger partial charge is 0.335 e. The van der Waals surface area contributed by atoms with Crippen LogP contribution in [-0.4, -0.2) is 12.3 Å². The lowest BCUT2D eigenvalue weighted by atomic mass is 9.33. The van der Waals surface area contributed by atoms with E-state index in [4.69, 9.17) is 0 Å². The van der Waals surface area contributed by atoms with E-state index < -0.39 is 0 Å². The van der Waals surface area contributed by atoms with Gasteiger partial charge in [0.1, 0.15) is 0 Å². The van der Waals surface area contributed by atoms with Crippen molar-refractivity contribution in [2.24, 2.45) is 0 Å². The number of benzene rings is 7. The third-order valence-corrected chi connectivity index (χ3v) is 18.5. The Bertz CT molecular complexity index is 3220. The van der Waals surface area contributed by atoms with Crippen molar-refractivity contribution in [3.05, 3.63) is 178 Å². The topological polar surface area (TPSA) is 9.72 Å². The van der Waals surface area contributed by atoms with Gasteiger partial charge in [0.05, 0.1) is 11.1 Å². The first-order valence-corrected chi connectivity index (χ1v) is 24.9. The summed E-state index contributed by atoms with van der Waals surface area (Å²) >= 11 is 0. The van der Waals surface area contributed by atoms with E-state index in [9.17, 15) is 0 Å². The van der Waals surface area contributed by atoms with Gasteiger partial charge in [0.25, 0.3) is 6.71 Å². The van der Waals surface area contributed by atoms with Gasteiger partial charge in [-0.3, -0.25) is 0 Å². The fraction of sp³-hybridized carbons (Fsp3) is 0.323. The molecule has 0 N–H and O–H groups in total. The summed E-state index contributed by atoms with van der Waals surface area (Å²) < 4.78 is 0. The minimum absolute atomic E-state index is 0.0285. The molecule has 0 spiro atoms. The summed E-state index contributed by atoms with van der Waals surface area (Å²) in [6, 6.07) is 55.1. The van der Waals surface area contributed by atoms with Crippen LogP contribution in [0.4, 0.5) is 39.8 Å². The maximum atomic E-state index is 2.92. The van der Waals surface area contributed by atoms with Crippen molar-refractivity contribution in [2.45, 2.75) is 128 Å². The predicted molar refractivity (Wildman–Crippen MR) is 280 cm³/mol. The molecule has 0 amide bonds. The molecule has 0 radical (unpaired) electrons. The fourth-order valence-electron chi connectivity index (χ4n) is 14.6. The summed E-state index contributed by atoms with van der Waals surface area (Å²) in [6.45, 7) is 22.1. The van der Waals surface area contributed by atoms with Gasteiger partial charge in [-0.2, -0.15) is 0 Å². The van der Waals surface area contributed by atoms with Crippen molar-refractivity contribution in [1.29, 1.82) is 0 Å². The highest BCUT2D eigenvalue weighted by Gasteiger charge is 2.63. The lowest BCUT2D eigenvalue weighted by Crippen LogP contribution is -2.64. The van der Waals surface area contributed by atoms with Gasteiger partial charge in [-0.15, -0.1) is 0 Å². The summed E-state index contributed by atoms with van der Waals surface area (Å²) in [5, 5.41) is 0. The number of aryl methyl sites for hydroxylation is 3. The van der Waals surface area contributed by atoms with E-state index in [1.54, 1.807) is 0 Å². The fourth-order valence-corrected chi connectivity index (χ4v) is 14.6. The van der Waals surface area contributed by atoms with Gasteiger partial charge in [0.15, 0.2) is 0 Å². The average molecular weight is 860 g/mol. The first kappa shape index (κ1) is 40.3. The zero-order valence-corrected chi connectivity index (χ0v) is 40.4. The average Bonchev–Trinajstić information content (AvgIpc) is 3.65. The second-order valence-electron chi connectivity index (χ2n) is 22.9. The molecule has 6 aliphatic rings. The molecule has 2 aliphatic carbocycles. The number of fused-ring (bicyclic) bond motifs is 12. The van der Waals surface area contributed by atoms with Crippen molar-refractivity contribution in [2.75, 3.05) is 14.7 Å². The van der Waals surface area contributed by atoms with Gasteiger partial charge in [0.2, 0.25) is 0 Å². The smallest absolute Gasteiger partial charge is 0.252 e. The monoisotopic (exact) mass is 860 g/mol. The van der Waals surface area contributed by atoms with Crippen molar-refractivity contribution in [3.63, 3.8) is 0 Å². The number of nitrogens with zero attached hydrogens (tertiary/aromatic N) is 3. The molecule has 4 aliphatic heterocycles. The van der Waals surface area contributed by atoms with Crippen molar-refractivity contribution >= 4 is 62.9 Å². The third kappa shape index (κ3) is 5.01. The van der Waals surface area contributed by atoms with Crippen molar-refractivity contribution < 1.29 is 0 Å². The Kier molecular flexibility index (Phi) is 8.14. The molecule has 328 valence electrons. The Morgan fingerprint density at radius 2 is 1.27 bits per heavy atom. The third-order valence-electron chi connectivity index (χ3n) is 18.5. The summed E-state index contributed by atoms with van der Waals surface area (Å²) in [7, 11) is 0. The first-order chi connectivity index (χ1) is 31.7. The van der Waals surface area contributed by atoms with E-state index >= 15 is 0 Å². The van der Waals surface area contributed by atoms with E-state index in [-0.39, 0.29) is 34.0 Å². The van der Waals surface area contributed by atoms with E-state index in [0.29, 0.717) is 0 Å². The second-order valence-corrected chi connectivity index (χ2v) is 22.9. The molecule has 4 heterocycles. The molecule has 4 atom stereocenters. The lowest BCUT2D eigenvalue weighted by Gasteiger charge is -2.54. The van der Waals surface area contributed by atoms with E-state index in [1.165, 1.54) is 126 Å². The minimum Gasteiger partial charge on any atom is -0.335 e. The molecule has 7 aromatic carbocycles. The van der Waals surface area contributed by atoms with Crippen LogP contribution in [0.2, 0.25) is 0 Å². The molecule has 13 rings (SSSR count). The van der Waals surface area contributed by atoms with Crippen LogP contribution in [0.25, 0.3) is 11.1 Å². The van der Waals surface area contributed by atoms with Gasteiger partial charge >= 0.3 is 0 Å². The maximum absolute atomic E-state index is 2.92. The van der Waals surface area contributed by atoms with Crippen LogP contribution in [0.3, 0.4) is 0 Å². The number of rotatable bonds is 3. The van der Waals surface area contributed by atoms with E-state index in [1.807, 2.05) is 0 Å². The molecule has 0 aromatic heterocycles. The standard InChI is InChI=1S/C62H62BN3/c1-39-18-17-22-45(32-39)64-53-33-40(2)24-26-50(53)63-51-35-43(41-19-11-10-12-20-41)34-49-57(51)66(61(8)30-16-15-29-59(49,61)6)55-38-46(37-54(64)56(55)63)65-52-27-25-44(58(3,4)5)36-48(52)60(7)31-28-42-21-13-14-23-47(42)62(60,65)9/h10-14,17-27,32-38H,15-16,28-31H2,1-9H3. The molecule has 3 nitrogen and oxygen atoms in total. The molecule has 66 heavy (non-hydrogen) atoms. The highest BCUT2D eigenvalue weighted by atomic mass is 15.3. The second kappa shape index (κ2) is 13.3. The zero-order valence-electron chi connectivity index (χ0n) is 40.4. The Balaban J connectivity index is 1.17. The number of hydrogen-bond donors (Lipinski definition) is 0. The quantitative estimate of drug-likeness (QED) is 0.164. The highest BCUT2D eigenvalue weighted by molar-refractivity contribution is 7.00. The minimum atomic E-state index is -0.338. The van der Waals surface area contributed by atoms with Gasteiger partial charge < -0.3 is 14.7 Å². The van der Waals surface area contributed by atoms with Crippen LogP contribution in [0.5, 0.6) is 0 Å². The summed E-state index contributed by atoms with van der Waals surface area (Å²) in [4.78, 5) is 8.40. The summed E-state index contributed by atoms with van der Waals surface area (Å²) in [5.41, 5.74) is 25.6. The van der Waals surface area contributed by atoms with Crippen LogP contribution in [0, 0.1) is 13.8 Å². The van der Waals surface area contributed by atoms with Crippen molar-refractivity contribution in [1.82, 2.24) is 0 Å². The predicted octanol–water partition coefficient (Wildman–Crippen LogP) is 13.9. The van der Waals surface area contributed by atoms with E-state index in [2.05, 4.69) is 217 Å². The highest BCUT2D eigenvalue weighted by Crippen LogP contribution is 2.66. The molecule has 4 unspecified atom stereocenters. The van der Waals surface area contributed by atoms with Gasteiger partial charge in [-0.25, -0.2) is 0 Å². The molecule has 7 aromatic rings. The van der Waals surface area contributed by atoms with Crippen LogP contribution in [0.1, 0.15) is 120 Å². The SMILES string of the molecule is Cc1cccc(N2c3cc(C)ccc3B3c4cc(-c5ccccc5)cc5c4N(c4cc(N6c7ccc(C(C)(C)C)cc7C7(C)CCc8ccccc8C67C)cc2c43)C2(C)CCCCC52C)c1. The van der Waals surface area contributed by atoms with Crippen molar-refractivity contribution in [3.8, 4) is 11.1 Å². The number of anilines is 7. The summed E-state index contributed by atoms with van der Waals surface area (Å²) in [6.07, 6.45) is 7.02. The Hall–Kier alpha value is -6.00. The number of hydrogen-bond acceptors (Lipinski definition) is 3. The summed E-state index contributed by atoms with van der Waals surface area (Å²) in [5.74, 6) is 0. The van der Waals surface area contributed by atoms with Crippen LogP contribution < -0.4 is 31.1 Å². The molecule has 0 saturated heterocycles. The lowest BCUT2D eigenvalue weighted by molar-refractivity contribution is 0.195. The molecular formula is C62H62BN3. The first-order valence-electron chi connectivity index (χ1n) is 24.9. The zero-order chi connectivity index (χ0) is 45.3. The van der Waals surface area contributed by atoms with Crippen LogP contribution in [0.15, 0.2) is 140 Å². The molecular weight excluding hydrogens is 798 g/mol. The normalized spacial score (nSPS) is 25.1. The molecule has 0 bridgehead atoms. The molecule has 4 heteroatoms. The molecule has 1 fully saturated rings. The maximum Gasteiger partial charge on any atom is 0.252 e. The Labute approximate surface area is 393 Å².